The van der Waals surface area contributed by atoms with Crippen molar-refractivity contribution in [2.24, 2.45) is 0 Å². The fraction of sp³-hybridized carbons (Fsp3) is 0.538. The quantitative estimate of drug-likeness (QED) is 0.276. The number of aliphatic hydroxyl groups is 2. The van der Waals surface area contributed by atoms with Crippen LogP contribution in [0, 0.1) is 11.2 Å². The summed E-state index contributed by atoms with van der Waals surface area (Å²) >= 11 is 3.72. The van der Waals surface area contributed by atoms with Crippen LogP contribution in [0.4, 0.5) is 0 Å². The van der Waals surface area contributed by atoms with Gasteiger partial charge in [0.05, 0.1) is 12.2 Å². The third-order valence-corrected chi connectivity index (χ3v) is 2.29. The van der Waals surface area contributed by atoms with Gasteiger partial charge in [-0.1, -0.05) is 63.0 Å². The molecular weight excluding hydrogens is 220 g/mol. The molecule has 0 bridgehead atoms. The van der Waals surface area contributed by atoms with Gasteiger partial charge in [0.2, 0.25) is 0 Å². The van der Waals surface area contributed by atoms with Gasteiger partial charge >= 0.3 is 0 Å². The third-order valence-electron chi connectivity index (χ3n) is 2.16. The Hall–Kier alpha value is -0.690. The second kappa shape index (κ2) is 10.8. The SMILES string of the molecule is CCCCC[C@H](O)[C@H](O)/C=C\C=CC#CS. The average molecular weight is 240 g/mol. The van der Waals surface area contributed by atoms with E-state index in [1.807, 2.05) is 0 Å². The Balaban J connectivity index is 3.83. The lowest BCUT2D eigenvalue weighted by atomic mass is 10.1. The molecule has 0 saturated carbocycles. The van der Waals surface area contributed by atoms with Gasteiger partial charge in [-0.3, -0.25) is 0 Å². The molecule has 0 radical (unpaired) electrons. The number of thiol groups is 1. The minimum Gasteiger partial charge on any atom is -0.390 e. The van der Waals surface area contributed by atoms with E-state index in [1.54, 1.807) is 24.3 Å². The Morgan fingerprint density at radius 2 is 2.00 bits per heavy atom. The van der Waals surface area contributed by atoms with E-state index in [1.165, 1.54) is 0 Å². The number of rotatable bonds is 7. The molecule has 2 nitrogen and oxygen atoms in total. The Kier molecular flexibility index (Phi) is 10.3. The van der Waals surface area contributed by atoms with Crippen molar-refractivity contribution in [3.05, 3.63) is 24.3 Å². The summed E-state index contributed by atoms with van der Waals surface area (Å²) in [6.45, 7) is 2.11. The molecule has 2 N–H and O–H groups in total. The van der Waals surface area contributed by atoms with Crippen LogP contribution < -0.4 is 0 Å². The molecule has 16 heavy (non-hydrogen) atoms. The first kappa shape index (κ1) is 15.3. The van der Waals surface area contributed by atoms with Gasteiger partial charge in [0.15, 0.2) is 0 Å². The molecule has 2 atom stereocenters. The van der Waals surface area contributed by atoms with Gasteiger partial charge in [0, 0.05) is 0 Å². The number of aliphatic hydroxyl groups excluding tert-OH is 2. The van der Waals surface area contributed by atoms with E-state index < -0.39 is 12.2 Å². The van der Waals surface area contributed by atoms with E-state index in [4.69, 9.17) is 0 Å². The number of hydrogen-bond donors (Lipinski definition) is 3. The molecule has 90 valence electrons. The van der Waals surface area contributed by atoms with Crippen LogP contribution in [0.15, 0.2) is 24.3 Å². The fourth-order valence-electron chi connectivity index (χ4n) is 1.22. The Morgan fingerprint density at radius 1 is 1.25 bits per heavy atom. The van der Waals surface area contributed by atoms with Crippen LogP contribution in [0.3, 0.4) is 0 Å². The highest BCUT2D eigenvalue weighted by atomic mass is 32.1. The lowest BCUT2D eigenvalue weighted by molar-refractivity contribution is 0.0415. The zero-order valence-electron chi connectivity index (χ0n) is 9.63. The molecule has 0 aliphatic heterocycles. The molecule has 0 spiro atoms. The van der Waals surface area contributed by atoms with Crippen molar-refractivity contribution in [2.75, 3.05) is 0 Å². The first-order valence-electron chi connectivity index (χ1n) is 5.56. The summed E-state index contributed by atoms with van der Waals surface area (Å²) in [6, 6.07) is 0. The fourth-order valence-corrected chi connectivity index (χ4v) is 1.30. The maximum Gasteiger partial charge on any atom is 0.0982 e. The second-order valence-corrected chi connectivity index (χ2v) is 3.78. The Morgan fingerprint density at radius 3 is 2.62 bits per heavy atom. The average Bonchev–Trinajstić information content (AvgIpc) is 2.28. The van der Waals surface area contributed by atoms with Gasteiger partial charge in [-0.15, -0.1) is 0 Å². The Bertz CT molecular complexity index is 273. The summed E-state index contributed by atoms with van der Waals surface area (Å²) in [4.78, 5) is 0. The molecule has 0 aliphatic carbocycles. The van der Waals surface area contributed by atoms with Crippen molar-refractivity contribution in [1.82, 2.24) is 0 Å². The highest BCUT2D eigenvalue weighted by molar-refractivity contribution is 7.85. The summed E-state index contributed by atoms with van der Waals surface area (Å²) < 4.78 is 0. The predicted octanol–water partition coefficient (Wildman–Crippen LogP) is 2.29. The second-order valence-electron chi connectivity index (χ2n) is 3.55. The molecule has 3 heteroatoms. The van der Waals surface area contributed by atoms with Crippen molar-refractivity contribution in [2.45, 2.75) is 44.8 Å². The number of hydrogen-bond acceptors (Lipinski definition) is 3. The maximum atomic E-state index is 9.58. The molecule has 0 saturated heterocycles. The van der Waals surface area contributed by atoms with Crippen LogP contribution in [0.2, 0.25) is 0 Å². The molecule has 0 aliphatic rings. The molecule has 0 aromatic carbocycles. The van der Waals surface area contributed by atoms with Crippen LogP contribution in [-0.4, -0.2) is 22.4 Å². The monoisotopic (exact) mass is 240 g/mol. The molecular formula is C13H20O2S. The molecule has 0 unspecified atom stereocenters. The van der Waals surface area contributed by atoms with Crippen molar-refractivity contribution in [1.29, 1.82) is 0 Å². The molecule has 0 heterocycles. The molecule has 0 aromatic rings. The van der Waals surface area contributed by atoms with Gasteiger partial charge in [-0.2, -0.15) is 0 Å². The van der Waals surface area contributed by atoms with Crippen LogP contribution in [0.25, 0.3) is 0 Å². The van der Waals surface area contributed by atoms with Crippen molar-refractivity contribution in [3.8, 4) is 11.2 Å². The van der Waals surface area contributed by atoms with E-state index in [-0.39, 0.29) is 0 Å². The zero-order chi connectivity index (χ0) is 12.2. The lowest BCUT2D eigenvalue weighted by Crippen LogP contribution is -2.23. The van der Waals surface area contributed by atoms with E-state index in [9.17, 15) is 10.2 Å². The summed E-state index contributed by atoms with van der Waals surface area (Å²) in [5.74, 6) is 2.63. The van der Waals surface area contributed by atoms with Crippen molar-refractivity contribution >= 4 is 12.6 Å². The third kappa shape index (κ3) is 8.60. The van der Waals surface area contributed by atoms with Gasteiger partial charge in [0.25, 0.3) is 0 Å². The van der Waals surface area contributed by atoms with E-state index in [0.717, 1.165) is 19.3 Å². The van der Waals surface area contributed by atoms with Crippen molar-refractivity contribution in [3.63, 3.8) is 0 Å². The van der Waals surface area contributed by atoms with Crippen molar-refractivity contribution < 1.29 is 10.2 Å². The van der Waals surface area contributed by atoms with Gasteiger partial charge < -0.3 is 10.2 Å². The van der Waals surface area contributed by atoms with Crippen LogP contribution in [0.5, 0.6) is 0 Å². The normalized spacial score (nSPS) is 15.0. The van der Waals surface area contributed by atoms with Gasteiger partial charge in [-0.05, 0) is 17.7 Å². The first-order valence-corrected chi connectivity index (χ1v) is 6.01. The van der Waals surface area contributed by atoms with E-state index in [2.05, 4.69) is 30.7 Å². The maximum absolute atomic E-state index is 9.58. The number of allylic oxidation sites excluding steroid dienone is 3. The smallest absolute Gasteiger partial charge is 0.0982 e. The minimum atomic E-state index is -0.800. The Labute approximate surface area is 103 Å². The summed E-state index contributed by atoms with van der Waals surface area (Å²) in [6.07, 6.45) is 8.87. The van der Waals surface area contributed by atoms with Crippen LogP contribution in [0.1, 0.15) is 32.6 Å². The molecule has 0 rings (SSSR count). The summed E-state index contributed by atoms with van der Waals surface area (Å²) in [5, 5.41) is 21.6. The largest absolute Gasteiger partial charge is 0.390 e. The first-order chi connectivity index (χ1) is 7.72. The molecule has 0 amide bonds. The van der Waals surface area contributed by atoms with E-state index in [0.29, 0.717) is 6.42 Å². The minimum absolute atomic E-state index is 0.638. The highest BCUT2D eigenvalue weighted by Crippen LogP contribution is 2.07. The molecule has 0 fully saturated rings. The predicted molar refractivity (Wildman–Crippen MR) is 71.2 cm³/mol. The molecule has 0 aromatic heterocycles. The van der Waals surface area contributed by atoms with Crippen LogP contribution in [-0.2, 0) is 0 Å². The number of unbranched alkanes of at least 4 members (excludes halogenated alkanes) is 2. The standard InChI is InChI=1S/C13H20O2S/c1-2-3-6-9-12(14)13(15)10-7-4-5-8-11-16/h4-5,7,10,12-16H,2-3,6,9H2,1H3/b5-4?,10-7-/t12-,13+/m0/s1. The lowest BCUT2D eigenvalue weighted by Gasteiger charge is -2.13. The van der Waals surface area contributed by atoms with Gasteiger partial charge in [-0.25, -0.2) is 0 Å². The van der Waals surface area contributed by atoms with Crippen LogP contribution >= 0.6 is 12.6 Å². The summed E-state index contributed by atoms with van der Waals surface area (Å²) in [5.41, 5.74) is 0. The summed E-state index contributed by atoms with van der Waals surface area (Å²) in [7, 11) is 0. The zero-order valence-corrected chi connectivity index (χ0v) is 10.5. The highest BCUT2D eigenvalue weighted by Gasteiger charge is 2.11. The van der Waals surface area contributed by atoms with Gasteiger partial charge in [0.1, 0.15) is 0 Å². The van der Waals surface area contributed by atoms with E-state index >= 15 is 0 Å². The topological polar surface area (TPSA) is 40.5 Å².